The van der Waals surface area contributed by atoms with Crippen LogP contribution < -0.4 is 0 Å². The normalized spacial score (nSPS) is 16.8. The summed E-state index contributed by atoms with van der Waals surface area (Å²) in [6.07, 6.45) is 10.2. The Balaban J connectivity index is 0.00000391. The zero-order valence-electron chi connectivity index (χ0n) is 24.5. The highest BCUT2D eigenvalue weighted by atomic mass is 19.4. The Morgan fingerprint density at radius 3 is 2.35 bits per heavy atom. The van der Waals surface area contributed by atoms with Crippen LogP contribution in [0.3, 0.4) is 0 Å². The highest BCUT2D eigenvalue weighted by molar-refractivity contribution is 6.03. The van der Waals surface area contributed by atoms with Crippen LogP contribution in [-0.2, 0) is 4.79 Å². The Kier molecular flexibility index (Phi) is 14.1. The van der Waals surface area contributed by atoms with Crippen LogP contribution >= 0.6 is 0 Å². The number of aromatic nitrogens is 2. The molecule has 40 heavy (non-hydrogen) atoms. The zero-order valence-corrected chi connectivity index (χ0v) is 24.5. The van der Waals surface area contributed by atoms with E-state index in [0.29, 0.717) is 49.2 Å². The van der Waals surface area contributed by atoms with Crippen LogP contribution in [0, 0.1) is 16.7 Å². The average molecular weight is 555 g/mol. The van der Waals surface area contributed by atoms with Crippen molar-refractivity contribution in [3.8, 4) is 6.07 Å². The highest BCUT2D eigenvalue weighted by Crippen LogP contribution is 2.38. The number of nitriles is 1. The maximum absolute atomic E-state index is 13.6. The number of allylic oxidation sites excluding steroid dienone is 9. The number of carbonyl (C=O) groups excluding carboxylic acids is 1. The number of nitrogens with zero attached hydrogens (tertiary/aromatic N) is 4. The van der Waals surface area contributed by atoms with Gasteiger partial charge in [0.25, 0.3) is 5.91 Å². The molecule has 1 fully saturated rings. The lowest BCUT2D eigenvalue weighted by atomic mass is 9.74. The molecule has 2 rings (SSSR count). The molecule has 0 atom stereocenters. The van der Waals surface area contributed by atoms with E-state index >= 15 is 0 Å². The van der Waals surface area contributed by atoms with Crippen molar-refractivity contribution < 1.29 is 18.0 Å². The summed E-state index contributed by atoms with van der Waals surface area (Å²) in [5.74, 6) is -0.154. The van der Waals surface area contributed by atoms with Crippen LogP contribution in [0.2, 0.25) is 0 Å². The van der Waals surface area contributed by atoms with Gasteiger partial charge in [0.2, 0.25) is 0 Å². The zero-order chi connectivity index (χ0) is 30.3. The van der Waals surface area contributed by atoms with Crippen LogP contribution in [0.15, 0.2) is 83.9 Å². The number of piperidine rings is 1. The molecule has 2 heterocycles. The van der Waals surface area contributed by atoms with Gasteiger partial charge in [-0.1, -0.05) is 68.9 Å². The summed E-state index contributed by atoms with van der Waals surface area (Å²) in [7, 11) is 0. The molecule has 0 unspecified atom stereocenters. The second kappa shape index (κ2) is 16.4. The van der Waals surface area contributed by atoms with Crippen molar-refractivity contribution in [3.05, 3.63) is 89.6 Å². The monoisotopic (exact) mass is 554 g/mol. The molecule has 1 aromatic rings. The topological polar surface area (TPSA) is 69.9 Å². The molecule has 1 saturated heterocycles. The van der Waals surface area contributed by atoms with Gasteiger partial charge in [0.05, 0.1) is 17.2 Å². The fourth-order valence-electron chi connectivity index (χ4n) is 4.02. The Morgan fingerprint density at radius 2 is 1.85 bits per heavy atom. The van der Waals surface area contributed by atoms with E-state index in [0.717, 1.165) is 18.1 Å². The summed E-state index contributed by atoms with van der Waals surface area (Å²) in [5, 5.41) is 10.0. The molecular weight excluding hydrogens is 513 g/mol. The van der Waals surface area contributed by atoms with Crippen LogP contribution in [0.4, 0.5) is 13.2 Å². The molecule has 1 aliphatic rings. The standard InChI is InChI=1S/C30H35F3N4O.C2H6/c1-6-22(3)9-8-10-26(24(5)27-13-16-35-21-36-27)28(38)37-17-14-29(20-34,15-18-37)19-25(7-2)12-11-23(4)30(31,32)33;1-2/h7-13,16,21H,4,6,14-15,17-19H2,1-3,5H3;1-2H3/b10-8-,12-11-,22-9+,25-7+,26-24-;. The quantitative estimate of drug-likeness (QED) is 0.227. The Morgan fingerprint density at radius 1 is 1.20 bits per heavy atom. The van der Waals surface area contributed by atoms with Crippen LogP contribution in [0.5, 0.6) is 0 Å². The van der Waals surface area contributed by atoms with Gasteiger partial charge in [0.15, 0.2) is 0 Å². The first-order valence-electron chi connectivity index (χ1n) is 13.6. The SMILES string of the molecule is C=C(/C=C\C(=C/C)CC1(C#N)CCN(C(=O)C(/C=C\C=C(/C)CC)=C(/C)c2ccncn2)CC1)C(F)(F)F.CC. The minimum absolute atomic E-state index is 0.154. The lowest BCUT2D eigenvalue weighted by molar-refractivity contribution is -0.128. The predicted octanol–water partition coefficient (Wildman–Crippen LogP) is 8.33. The molecule has 1 aromatic heterocycles. The van der Waals surface area contributed by atoms with E-state index in [1.54, 1.807) is 36.2 Å². The first-order chi connectivity index (χ1) is 19.0. The second-order valence-corrected chi connectivity index (χ2v) is 9.44. The van der Waals surface area contributed by atoms with Crippen molar-refractivity contribution in [1.82, 2.24) is 14.9 Å². The fourth-order valence-corrected chi connectivity index (χ4v) is 4.02. The third kappa shape index (κ3) is 10.1. The van der Waals surface area contributed by atoms with Gasteiger partial charge in [-0.05, 0) is 64.2 Å². The van der Waals surface area contributed by atoms with E-state index in [4.69, 9.17) is 0 Å². The minimum atomic E-state index is -4.50. The van der Waals surface area contributed by atoms with Crippen molar-refractivity contribution in [2.75, 3.05) is 13.1 Å². The average Bonchev–Trinajstić information content (AvgIpc) is 2.97. The van der Waals surface area contributed by atoms with Crippen LogP contribution in [-0.4, -0.2) is 40.0 Å². The second-order valence-electron chi connectivity index (χ2n) is 9.44. The molecule has 1 aliphatic heterocycles. The maximum atomic E-state index is 13.6. The van der Waals surface area contributed by atoms with E-state index in [1.807, 2.05) is 39.8 Å². The van der Waals surface area contributed by atoms with Crippen molar-refractivity contribution >= 4 is 11.5 Å². The molecule has 0 spiro atoms. The molecule has 8 heteroatoms. The number of amides is 1. The summed E-state index contributed by atoms with van der Waals surface area (Å²) in [6.45, 7) is 15.4. The molecular formula is C32H41F3N4O. The van der Waals surface area contributed by atoms with Gasteiger partial charge in [0.1, 0.15) is 6.33 Å². The van der Waals surface area contributed by atoms with Gasteiger partial charge in [-0.3, -0.25) is 4.79 Å². The lowest BCUT2D eigenvalue weighted by Gasteiger charge is -2.38. The molecule has 0 N–H and O–H groups in total. The van der Waals surface area contributed by atoms with E-state index in [-0.39, 0.29) is 5.91 Å². The smallest absolute Gasteiger partial charge is 0.339 e. The van der Waals surface area contributed by atoms with Gasteiger partial charge < -0.3 is 4.90 Å². The van der Waals surface area contributed by atoms with E-state index < -0.39 is 17.2 Å². The number of carbonyl (C=O) groups is 1. The number of hydrogen-bond donors (Lipinski definition) is 0. The molecule has 216 valence electrons. The van der Waals surface area contributed by atoms with Crippen molar-refractivity contribution in [2.45, 2.75) is 73.4 Å². The summed E-state index contributed by atoms with van der Waals surface area (Å²) < 4.78 is 38.4. The maximum Gasteiger partial charge on any atom is 0.415 e. The third-order valence-electron chi connectivity index (χ3n) is 6.82. The Hall–Kier alpha value is -3.73. The minimum Gasteiger partial charge on any atom is -0.339 e. The number of halogens is 3. The summed E-state index contributed by atoms with van der Waals surface area (Å²) in [6, 6.07) is 4.13. The first kappa shape index (κ1) is 34.3. The molecule has 1 amide bonds. The van der Waals surface area contributed by atoms with Gasteiger partial charge >= 0.3 is 6.18 Å². The molecule has 0 saturated carbocycles. The van der Waals surface area contributed by atoms with Crippen LogP contribution in [0.25, 0.3) is 5.57 Å². The molecule has 5 nitrogen and oxygen atoms in total. The third-order valence-corrected chi connectivity index (χ3v) is 6.82. The van der Waals surface area contributed by atoms with Gasteiger partial charge in [-0.25, -0.2) is 9.97 Å². The van der Waals surface area contributed by atoms with Crippen molar-refractivity contribution in [3.63, 3.8) is 0 Å². The summed E-state index contributed by atoms with van der Waals surface area (Å²) in [5.41, 5.74) is 1.96. The van der Waals surface area contributed by atoms with E-state index in [9.17, 15) is 23.2 Å². The molecule has 0 aromatic carbocycles. The van der Waals surface area contributed by atoms with Gasteiger partial charge in [-0.15, -0.1) is 0 Å². The van der Waals surface area contributed by atoms with Gasteiger partial charge in [-0.2, -0.15) is 18.4 Å². The largest absolute Gasteiger partial charge is 0.415 e. The molecule has 0 aliphatic carbocycles. The number of alkyl halides is 3. The van der Waals surface area contributed by atoms with Crippen LogP contribution in [0.1, 0.15) is 72.9 Å². The molecule has 0 radical (unpaired) electrons. The predicted molar refractivity (Wildman–Crippen MR) is 156 cm³/mol. The summed E-state index contributed by atoms with van der Waals surface area (Å²) >= 11 is 0. The molecule has 0 bridgehead atoms. The number of rotatable bonds is 9. The summed E-state index contributed by atoms with van der Waals surface area (Å²) in [4.78, 5) is 23.6. The van der Waals surface area contributed by atoms with Crippen molar-refractivity contribution in [1.29, 1.82) is 5.26 Å². The Bertz CT molecular complexity index is 1190. The first-order valence-corrected chi connectivity index (χ1v) is 13.6. The van der Waals surface area contributed by atoms with Crippen molar-refractivity contribution in [2.24, 2.45) is 5.41 Å². The number of hydrogen-bond acceptors (Lipinski definition) is 4. The lowest BCUT2D eigenvalue weighted by Crippen LogP contribution is -2.43. The van der Waals surface area contributed by atoms with E-state index in [2.05, 4.69) is 29.5 Å². The highest BCUT2D eigenvalue weighted by Gasteiger charge is 2.37. The Labute approximate surface area is 237 Å². The number of likely N-dealkylation sites (tertiary alicyclic amines) is 1. The van der Waals surface area contributed by atoms with E-state index in [1.165, 1.54) is 18.0 Å². The van der Waals surface area contributed by atoms with Gasteiger partial charge in [0, 0.05) is 30.4 Å². The fraction of sp³-hybridized carbons (Fsp3) is 0.438.